The summed E-state index contributed by atoms with van der Waals surface area (Å²) in [6, 6.07) is 1.40. The number of ether oxygens (including phenoxy) is 1. The zero-order chi connectivity index (χ0) is 12.5. The van der Waals surface area contributed by atoms with Crippen LogP contribution in [0.4, 0.5) is 0 Å². The van der Waals surface area contributed by atoms with Gasteiger partial charge in [-0.2, -0.15) is 0 Å². The van der Waals surface area contributed by atoms with Crippen LogP contribution in [0.3, 0.4) is 0 Å². The minimum absolute atomic E-state index is 0.0695. The van der Waals surface area contributed by atoms with E-state index in [1.54, 1.807) is 0 Å². The highest BCUT2D eigenvalue weighted by Crippen LogP contribution is 2.36. The zero-order valence-electron chi connectivity index (χ0n) is 12.0. The Morgan fingerprint density at radius 3 is 2.35 bits per heavy atom. The van der Waals surface area contributed by atoms with Crippen LogP contribution in [0.1, 0.15) is 66.2 Å². The van der Waals surface area contributed by atoms with Crippen molar-refractivity contribution in [1.29, 1.82) is 0 Å². The van der Waals surface area contributed by atoms with E-state index in [1.807, 2.05) is 0 Å². The van der Waals surface area contributed by atoms with E-state index >= 15 is 0 Å². The van der Waals surface area contributed by atoms with Crippen LogP contribution in [0.15, 0.2) is 0 Å². The Balaban J connectivity index is 1.84. The molecule has 1 heterocycles. The molecule has 2 rings (SSSR count). The van der Waals surface area contributed by atoms with Crippen LogP contribution in [0.5, 0.6) is 0 Å². The van der Waals surface area contributed by atoms with Crippen molar-refractivity contribution in [2.75, 3.05) is 6.61 Å². The average Bonchev–Trinajstić information content (AvgIpc) is 2.13. The summed E-state index contributed by atoms with van der Waals surface area (Å²) in [5.74, 6) is 0. The summed E-state index contributed by atoms with van der Waals surface area (Å²) < 4.78 is 5.79. The summed E-state index contributed by atoms with van der Waals surface area (Å²) in [5, 5.41) is 3.89. The summed E-state index contributed by atoms with van der Waals surface area (Å²) in [5.41, 5.74) is 0.608. The number of hydrogen-bond donors (Lipinski definition) is 1. The molecule has 0 radical (unpaired) electrons. The van der Waals surface area contributed by atoms with Crippen molar-refractivity contribution < 1.29 is 4.74 Å². The Morgan fingerprint density at radius 1 is 1.00 bits per heavy atom. The van der Waals surface area contributed by atoms with Gasteiger partial charge in [0.05, 0.1) is 5.60 Å². The molecule has 100 valence electrons. The van der Waals surface area contributed by atoms with Gasteiger partial charge in [-0.3, -0.25) is 0 Å². The first-order valence-corrected chi connectivity index (χ1v) is 7.26. The second-order valence-electron chi connectivity index (χ2n) is 7.42. The van der Waals surface area contributed by atoms with Crippen molar-refractivity contribution in [3.63, 3.8) is 0 Å². The molecule has 0 spiro atoms. The molecule has 2 unspecified atom stereocenters. The molecule has 1 saturated heterocycles. The molecule has 1 N–H and O–H groups in total. The molecule has 2 fully saturated rings. The van der Waals surface area contributed by atoms with Crippen LogP contribution in [0.25, 0.3) is 0 Å². The number of rotatable bonds is 2. The van der Waals surface area contributed by atoms with Crippen LogP contribution >= 0.6 is 0 Å². The molecule has 2 atom stereocenters. The fourth-order valence-corrected chi connectivity index (χ4v) is 3.55. The Morgan fingerprint density at radius 2 is 1.71 bits per heavy atom. The quantitative estimate of drug-likeness (QED) is 0.796. The fourth-order valence-electron chi connectivity index (χ4n) is 3.55. The van der Waals surface area contributed by atoms with E-state index in [-0.39, 0.29) is 5.60 Å². The van der Waals surface area contributed by atoms with Gasteiger partial charge in [0.15, 0.2) is 0 Å². The highest BCUT2D eigenvalue weighted by molar-refractivity contribution is 4.89. The highest BCUT2D eigenvalue weighted by Gasteiger charge is 2.33. The van der Waals surface area contributed by atoms with Crippen molar-refractivity contribution in [1.82, 2.24) is 5.32 Å². The predicted octanol–water partition coefficient (Wildman–Crippen LogP) is 3.50. The minimum atomic E-state index is 0.0695. The molecule has 2 aliphatic rings. The number of nitrogens with one attached hydrogen (secondary N) is 1. The second kappa shape index (κ2) is 4.89. The van der Waals surface area contributed by atoms with E-state index in [1.165, 1.54) is 32.1 Å². The Bertz CT molecular complexity index is 234. The molecule has 17 heavy (non-hydrogen) atoms. The third kappa shape index (κ3) is 3.96. The fraction of sp³-hybridized carbons (Fsp3) is 1.00. The van der Waals surface area contributed by atoms with Crippen molar-refractivity contribution in [3.8, 4) is 0 Å². The van der Waals surface area contributed by atoms with Gasteiger partial charge in [0, 0.05) is 18.7 Å². The van der Waals surface area contributed by atoms with E-state index in [9.17, 15) is 0 Å². The summed E-state index contributed by atoms with van der Waals surface area (Å²) in [7, 11) is 0. The lowest BCUT2D eigenvalue weighted by molar-refractivity contribution is -0.0652. The minimum Gasteiger partial charge on any atom is -0.375 e. The zero-order valence-corrected chi connectivity index (χ0v) is 12.0. The predicted molar refractivity (Wildman–Crippen MR) is 72.2 cm³/mol. The molecule has 2 nitrogen and oxygen atoms in total. The maximum absolute atomic E-state index is 5.79. The van der Waals surface area contributed by atoms with E-state index in [2.05, 4.69) is 33.0 Å². The summed E-state index contributed by atoms with van der Waals surface area (Å²) >= 11 is 0. The average molecular weight is 239 g/mol. The standard InChI is InChI=1S/C15H29NO/c1-14(2)8-5-6-12(10-14)16-13-7-9-17-15(3,4)11-13/h12-13,16H,5-11H2,1-4H3. The Kier molecular flexibility index (Phi) is 3.84. The van der Waals surface area contributed by atoms with Gasteiger partial charge < -0.3 is 10.1 Å². The Hall–Kier alpha value is -0.0800. The van der Waals surface area contributed by atoms with Gasteiger partial charge in [-0.05, 0) is 51.4 Å². The smallest absolute Gasteiger partial charge is 0.0641 e. The van der Waals surface area contributed by atoms with Crippen LogP contribution in [-0.4, -0.2) is 24.3 Å². The molecule has 0 amide bonds. The molecule has 1 saturated carbocycles. The topological polar surface area (TPSA) is 21.3 Å². The summed E-state index contributed by atoms with van der Waals surface area (Å²) in [4.78, 5) is 0. The van der Waals surface area contributed by atoms with Gasteiger partial charge in [-0.15, -0.1) is 0 Å². The molecule has 0 aromatic heterocycles. The number of hydrogen-bond acceptors (Lipinski definition) is 2. The lowest BCUT2D eigenvalue weighted by Gasteiger charge is -2.41. The van der Waals surface area contributed by atoms with E-state index in [4.69, 9.17) is 4.74 Å². The summed E-state index contributed by atoms with van der Waals surface area (Å²) in [6.07, 6.45) is 7.82. The van der Waals surface area contributed by atoms with Gasteiger partial charge >= 0.3 is 0 Å². The van der Waals surface area contributed by atoms with E-state index in [0.717, 1.165) is 19.1 Å². The maximum Gasteiger partial charge on any atom is 0.0641 e. The first-order valence-electron chi connectivity index (χ1n) is 7.26. The maximum atomic E-state index is 5.79. The highest BCUT2D eigenvalue weighted by atomic mass is 16.5. The normalized spacial score (nSPS) is 36.7. The van der Waals surface area contributed by atoms with Crippen molar-refractivity contribution in [2.45, 2.75) is 83.9 Å². The second-order valence-corrected chi connectivity index (χ2v) is 7.42. The van der Waals surface area contributed by atoms with Crippen molar-refractivity contribution in [2.24, 2.45) is 5.41 Å². The van der Waals surface area contributed by atoms with Crippen LogP contribution < -0.4 is 5.32 Å². The SMILES string of the molecule is CC1(C)CCCC(NC2CCOC(C)(C)C2)C1. The van der Waals surface area contributed by atoms with Gasteiger partial charge in [0.1, 0.15) is 0 Å². The van der Waals surface area contributed by atoms with Gasteiger partial charge in [0.25, 0.3) is 0 Å². The third-order valence-corrected chi connectivity index (χ3v) is 4.37. The van der Waals surface area contributed by atoms with E-state index < -0.39 is 0 Å². The van der Waals surface area contributed by atoms with Crippen LogP contribution in [-0.2, 0) is 4.74 Å². The molecular weight excluding hydrogens is 210 g/mol. The molecule has 2 heteroatoms. The molecular formula is C15H29NO. The molecule has 1 aliphatic carbocycles. The Labute approximate surface area is 107 Å². The van der Waals surface area contributed by atoms with Gasteiger partial charge in [-0.25, -0.2) is 0 Å². The van der Waals surface area contributed by atoms with Gasteiger partial charge in [0.2, 0.25) is 0 Å². The summed E-state index contributed by atoms with van der Waals surface area (Å²) in [6.45, 7) is 10.2. The lowest BCUT2D eigenvalue weighted by atomic mass is 9.75. The first kappa shape index (κ1) is 13.4. The monoisotopic (exact) mass is 239 g/mol. The van der Waals surface area contributed by atoms with E-state index in [0.29, 0.717) is 11.5 Å². The van der Waals surface area contributed by atoms with Crippen LogP contribution in [0.2, 0.25) is 0 Å². The van der Waals surface area contributed by atoms with Crippen molar-refractivity contribution >= 4 is 0 Å². The van der Waals surface area contributed by atoms with Crippen molar-refractivity contribution in [3.05, 3.63) is 0 Å². The molecule has 0 aromatic rings. The molecule has 0 bridgehead atoms. The lowest BCUT2D eigenvalue weighted by Crippen LogP contribution is -2.49. The van der Waals surface area contributed by atoms with Gasteiger partial charge in [-0.1, -0.05) is 20.3 Å². The van der Waals surface area contributed by atoms with Crippen LogP contribution in [0, 0.1) is 5.41 Å². The molecule has 1 aliphatic heterocycles. The first-order chi connectivity index (χ1) is 7.86. The third-order valence-electron chi connectivity index (χ3n) is 4.37. The molecule has 0 aromatic carbocycles. The largest absolute Gasteiger partial charge is 0.375 e.